The number of esters is 1. The molecule has 0 bridgehead atoms. The Morgan fingerprint density at radius 3 is 2.60 bits per heavy atom. The molecule has 0 atom stereocenters. The Bertz CT molecular complexity index is 489. The quantitative estimate of drug-likeness (QED) is 0.695. The summed E-state index contributed by atoms with van der Waals surface area (Å²) in [4.78, 5) is 11.0. The minimum Gasteiger partial charge on any atom is -0.462 e. The summed E-state index contributed by atoms with van der Waals surface area (Å²) in [5, 5.41) is 2.30. The van der Waals surface area contributed by atoms with Crippen LogP contribution in [0, 0.1) is 7.11 Å². The van der Waals surface area contributed by atoms with Gasteiger partial charge in [0.05, 0.1) is 6.42 Å². The number of fused-ring (bicyclic) bond motifs is 1. The molecular formula is C13H11O2. The largest absolute Gasteiger partial charge is 0.462 e. The highest BCUT2D eigenvalue weighted by Crippen LogP contribution is 2.16. The van der Waals surface area contributed by atoms with Crippen molar-refractivity contribution >= 4 is 16.7 Å². The predicted molar refractivity (Wildman–Crippen MR) is 59.1 cm³/mol. The third-order valence-electron chi connectivity index (χ3n) is 2.32. The maximum Gasteiger partial charge on any atom is 0.310 e. The first kappa shape index (κ1) is 9.71. The van der Waals surface area contributed by atoms with Gasteiger partial charge in [0.1, 0.15) is 7.11 Å². The molecule has 2 nitrogen and oxygen atoms in total. The summed E-state index contributed by atoms with van der Waals surface area (Å²) in [5.74, 6) is -0.315. The van der Waals surface area contributed by atoms with Crippen molar-refractivity contribution in [3.05, 3.63) is 55.1 Å². The summed E-state index contributed by atoms with van der Waals surface area (Å²) in [7, 11) is 3.09. The van der Waals surface area contributed by atoms with Crippen molar-refractivity contribution in [2.45, 2.75) is 6.42 Å². The van der Waals surface area contributed by atoms with Gasteiger partial charge in [-0.25, -0.2) is 0 Å². The van der Waals surface area contributed by atoms with Crippen molar-refractivity contribution in [1.82, 2.24) is 0 Å². The van der Waals surface area contributed by atoms with Gasteiger partial charge in [-0.3, -0.25) is 4.79 Å². The van der Waals surface area contributed by atoms with E-state index in [1.54, 1.807) is 0 Å². The maximum absolute atomic E-state index is 11.0. The van der Waals surface area contributed by atoms with E-state index in [0.717, 1.165) is 10.9 Å². The normalized spacial score (nSPS) is 10.2. The highest BCUT2D eigenvalue weighted by molar-refractivity contribution is 5.84. The topological polar surface area (TPSA) is 26.3 Å². The van der Waals surface area contributed by atoms with Crippen molar-refractivity contribution in [2.24, 2.45) is 0 Å². The van der Waals surface area contributed by atoms with Crippen LogP contribution in [0.2, 0.25) is 0 Å². The number of benzene rings is 2. The van der Waals surface area contributed by atoms with E-state index in [4.69, 9.17) is 0 Å². The van der Waals surface area contributed by atoms with Gasteiger partial charge in [0.25, 0.3) is 0 Å². The van der Waals surface area contributed by atoms with E-state index >= 15 is 0 Å². The molecule has 0 aromatic heterocycles. The van der Waals surface area contributed by atoms with Crippen molar-refractivity contribution in [3.8, 4) is 0 Å². The summed E-state index contributed by atoms with van der Waals surface area (Å²) in [5.41, 5.74) is 0.947. The van der Waals surface area contributed by atoms with Crippen LogP contribution in [0.15, 0.2) is 42.5 Å². The highest BCUT2D eigenvalue weighted by Gasteiger charge is 2.02. The standard InChI is InChI=1S/C13H11O2/c1-15-13(14)9-10-6-7-11-4-2-3-5-12(11)8-10/h2-8H,1,9H2. The number of carbonyl (C=O) groups excluding carboxylic acids is 1. The van der Waals surface area contributed by atoms with Crippen LogP contribution < -0.4 is 0 Å². The lowest BCUT2D eigenvalue weighted by Crippen LogP contribution is -2.02. The zero-order chi connectivity index (χ0) is 10.7. The molecule has 1 radical (unpaired) electrons. The lowest BCUT2D eigenvalue weighted by molar-refractivity contribution is -0.137. The molecule has 0 amide bonds. The third kappa shape index (κ3) is 2.15. The smallest absolute Gasteiger partial charge is 0.310 e. The van der Waals surface area contributed by atoms with E-state index in [-0.39, 0.29) is 12.4 Å². The van der Waals surface area contributed by atoms with Crippen LogP contribution in [0.25, 0.3) is 10.8 Å². The lowest BCUT2D eigenvalue weighted by Gasteiger charge is -2.02. The molecule has 0 aliphatic heterocycles. The molecule has 0 aliphatic carbocycles. The molecule has 15 heavy (non-hydrogen) atoms. The number of ether oxygens (including phenoxy) is 1. The Hall–Kier alpha value is -1.83. The summed E-state index contributed by atoms with van der Waals surface area (Å²) in [6.07, 6.45) is 0.272. The Kier molecular flexibility index (Phi) is 2.68. The average Bonchev–Trinajstić information content (AvgIpc) is 2.29. The van der Waals surface area contributed by atoms with Crippen LogP contribution in [0.5, 0.6) is 0 Å². The molecule has 2 aromatic carbocycles. The van der Waals surface area contributed by atoms with Crippen LogP contribution in [0.3, 0.4) is 0 Å². The second kappa shape index (κ2) is 4.13. The van der Waals surface area contributed by atoms with Crippen molar-refractivity contribution in [3.63, 3.8) is 0 Å². The SMILES string of the molecule is [CH2]OC(=O)Cc1ccc2ccccc2c1. The van der Waals surface area contributed by atoms with E-state index in [1.165, 1.54) is 5.39 Å². The van der Waals surface area contributed by atoms with E-state index in [0.29, 0.717) is 0 Å². The van der Waals surface area contributed by atoms with Gasteiger partial charge in [0.2, 0.25) is 0 Å². The fraction of sp³-hybridized carbons (Fsp3) is 0.0769. The Morgan fingerprint density at radius 1 is 1.13 bits per heavy atom. The van der Waals surface area contributed by atoms with Crippen molar-refractivity contribution in [1.29, 1.82) is 0 Å². The summed E-state index contributed by atoms with van der Waals surface area (Å²) in [6, 6.07) is 14.0. The van der Waals surface area contributed by atoms with Crippen LogP contribution in [0.1, 0.15) is 5.56 Å². The van der Waals surface area contributed by atoms with E-state index in [1.807, 2.05) is 42.5 Å². The van der Waals surface area contributed by atoms with Crippen LogP contribution in [-0.4, -0.2) is 5.97 Å². The summed E-state index contributed by atoms with van der Waals surface area (Å²) < 4.78 is 4.38. The summed E-state index contributed by atoms with van der Waals surface area (Å²) >= 11 is 0. The van der Waals surface area contributed by atoms with Gasteiger partial charge in [0, 0.05) is 0 Å². The first-order chi connectivity index (χ1) is 7.29. The number of hydrogen-bond donors (Lipinski definition) is 0. The van der Waals surface area contributed by atoms with Gasteiger partial charge in [-0.15, -0.1) is 0 Å². The predicted octanol–water partition coefficient (Wildman–Crippen LogP) is 2.72. The monoisotopic (exact) mass is 199 g/mol. The first-order valence-electron chi connectivity index (χ1n) is 4.72. The first-order valence-corrected chi connectivity index (χ1v) is 4.72. The second-order valence-corrected chi connectivity index (χ2v) is 3.37. The van der Waals surface area contributed by atoms with Gasteiger partial charge in [-0.1, -0.05) is 42.5 Å². The van der Waals surface area contributed by atoms with Gasteiger partial charge in [-0.05, 0) is 16.3 Å². The molecule has 0 saturated carbocycles. The molecule has 0 saturated heterocycles. The number of rotatable bonds is 2. The van der Waals surface area contributed by atoms with Gasteiger partial charge >= 0.3 is 5.97 Å². The Labute approximate surface area is 88.5 Å². The minimum atomic E-state index is -0.315. The molecule has 2 aromatic rings. The van der Waals surface area contributed by atoms with Gasteiger partial charge < -0.3 is 4.74 Å². The second-order valence-electron chi connectivity index (χ2n) is 3.37. The van der Waals surface area contributed by atoms with Gasteiger partial charge in [-0.2, -0.15) is 0 Å². The zero-order valence-corrected chi connectivity index (χ0v) is 8.27. The van der Waals surface area contributed by atoms with Crippen LogP contribution >= 0.6 is 0 Å². The zero-order valence-electron chi connectivity index (χ0n) is 8.27. The molecule has 2 rings (SSSR count). The third-order valence-corrected chi connectivity index (χ3v) is 2.32. The van der Waals surface area contributed by atoms with Crippen LogP contribution in [-0.2, 0) is 16.0 Å². The fourth-order valence-electron chi connectivity index (χ4n) is 1.57. The highest BCUT2D eigenvalue weighted by atomic mass is 16.5. The number of hydrogen-bond acceptors (Lipinski definition) is 2. The minimum absolute atomic E-state index is 0.272. The van der Waals surface area contributed by atoms with Crippen molar-refractivity contribution in [2.75, 3.05) is 0 Å². The molecule has 0 unspecified atom stereocenters. The van der Waals surface area contributed by atoms with E-state index in [9.17, 15) is 4.79 Å². The summed E-state index contributed by atoms with van der Waals surface area (Å²) in [6.45, 7) is 0. The Balaban J connectivity index is 2.34. The molecule has 75 valence electrons. The number of carbonyl (C=O) groups is 1. The fourth-order valence-corrected chi connectivity index (χ4v) is 1.57. The Morgan fingerprint density at radius 2 is 1.87 bits per heavy atom. The molecular weight excluding hydrogens is 188 g/mol. The van der Waals surface area contributed by atoms with Crippen LogP contribution in [0.4, 0.5) is 0 Å². The maximum atomic E-state index is 11.0. The molecule has 2 heteroatoms. The molecule has 0 heterocycles. The average molecular weight is 199 g/mol. The van der Waals surface area contributed by atoms with Crippen molar-refractivity contribution < 1.29 is 9.53 Å². The van der Waals surface area contributed by atoms with Gasteiger partial charge in [0.15, 0.2) is 0 Å². The molecule has 0 N–H and O–H groups in total. The van der Waals surface area contributed by atoms with E-state index in [2.05, 4.69) is 11.8 Å². The molecule has 0 aliphatic rings. The van der Waals surface area contributed by atoms with E-state index < -0.39 is 0 Å². The molecule has 0 fully saturated rings. The molecule has 0 spiro atoms. The lowest BCUT2D eigenvalue weighted by atomic mass is 10.1.